The monoisotopic (exact) mass is 353 g/mol. The molecule has 7 nitrogen and oxygen atoms in total. The minimum absolute atomic E-state index is 0.00849. The molecule has 0 bridgehead atoms. The Morgan fingerprint density at radius 2 is 2.08 bits per heavy atom. The van der Waals surface area contributed by atoms with Crippen molar-refractivity contribution in [2.45, 2.75) is 57.5 Å². The summed E-state index contributed by atoms with van der Waals surface area (Å²) in [6, 6.07) is -0.161. The normalized spacial score (nSPS) is 44.7. The van der Waals surface area contributed by atoms with E-state index in [0.717, 1.165) is 6.54 Å². The molecular weight excluding hydrogens is 326 g/mol. The lowest BCUT2D eigenvalue weighted by molar-refractivity contribution is -0.173. The zero-order valence-corrected chi connectivity index (χ0v) is 15.0. The molecule has 3 rings (SSSR count). The molecule has 0 spiro atoms. The molecule has 0 aliphatic carbocycles. The van der Waals surface area contributed by atoms with Crippen LogP contribution in [0.15, 0.2) is 11.6 Å². The summed E-state index contributed by atoms with van der Waals surface area (Å²) in [5, 5.41) is 20.9. The molecule has 7 heteroatoms. The van der Waals surface area contributed by atoms with Crippen LogP contribution >= 0.6 is 0 Å². The van der Waals surface area contributed by atoms with Gasteiger partial charge in [-0.2, -0.15) is 0 Å². The van der Waals surface area contributed by atoms with Crippen LogP contribution in [0.1, 0.15) is 33.6 Å². The van der Waals surface area contributed by atoms with Gasteiger partial charge in [-0.15, -0.1) is 0 Å². The van der Waals surface area contributed by atoms with E-state index in [1.54, 1.807) is 19.9 Å². The Balaban J connectivity index is 1.91. The van der Waals surface area contributed by atoms with Crippen molar-refractivity contribution in [1.82, 2.24) is 4.90 Å². The van der Waals surface area contributed by atoms with Gasteiger partial charge >= 0.3 is 11.9 Å². The van der Waals surface area contributed by atoms with E-state index < -0.39 is 29.6 Å². The summed E-state index contributed by atoms with van der Waals surface area (Å²) < 4.78 is 11.1. The van der Waals surface area contributed by atoms with Crippen LogP contribution < -0.4 is 0 Å². The SMILES string of the molecule is C/C=C1\C[C@@H](C)[C@](C)(O)C(=O)OC[C@@H]2[C@@H]3[C@@H](CCN3C[C@H]2O)OC1=O. The smallest absolute Gasteiger partial charge is 0.338 e. The first-order valence-electron chi connectivity index (χ1n) is 8.93. The van der Waals surface area contributed by atoms with Crippen molar-refractivity contribution < 1.29 is 29.3 Å². The third-order valence-corrected chi connectivity index (χ3v) is 6.03. The zero-order chi connectivity index (χ0) is 18.4. The fraction of sp³-hybridized carbons (Fsp3) is 0.778. The summed E-state index contributed by atoms with van der Waals surface area (Å²) in [7, 11) is 0. The molecule has 0 aromatic carbocycles. The Hall–Kier alpha value is -1.44. The Morgan fingerprint density at radius 1 is 1.36 bits per heavy atom. The van der Waals surface area contributed by atoms with Crippen LogP contribution in [0.5, 0.6) is 0 Å². The second-order valence-electron chi connectivity index (χ2n) is 7.61. The third-order valence-electron chi connectivity index (χ3n) is 6.03. The Bertz CT molecular complexity index is 586. The lowest BCUT2D eigenvalue weighted by atomic mass is 9.85. The van der Waals surface area contributed by atoms with E-state index in [4.69, 9.17) is 9.47 Å². The standard InChI is InChI=1S/C18H27NO6/c1-4-11-7-10(2)18(3,23)17(22)24-9-12-13(20)8-19-6-5-14(15(12)19)25-16(11)21/h4,10,12-15,20,23H,5-9H2,1-3H3/b11-4+/t10-,12+,13-,14-,15-,18+/m1/s1. The molecule has 3 aliphatic rings. The predicted molar refractivity (Wildman–Crippen MR) is 88.5 cm³/mol. The Morgan fingerprint density at radius 3 is 2.76 bits per heavy atom. The van der Waals surface area contributed by atoms with Crippen LogP contribution in [0, 0.1) is 11.8 Å². The lowest BCUT2D eigenvalue weighted by Crippen LogP contribution is -2.47. The molecular formula is C18H27NO6. The maximum atomic E-state index is 12.6. The van der Waals surface area contributed by atoms with Gasteiger partial charge in [0, 0.05) is 24.6 Å². The Labute approximate surface area is 147 Å². The first-order chi connectivity index (χ1) is 11.8. The summed E-state index contributed by atoms with van der Waals surface area (Å²) in [5.41, 5.74) is -1.28. The summed E-state index contributed by atoms with van der Waals surface area (Å²) in [4.78, 5) is 27.1. The number of rotatable bonds is 0. The van der Waals surface area contributed by atoms with Gasteiger partial charge in [0.15, 0.2) is 5.60 Å². The number of hydrogen-bond donors (Lipinski definition) is 2. The van der Waals surface area contributed by atoms with E-state index in [9.17, 15) is 19.8 Å². The molecule has 25 heavy (non-hydrogen) atoms. The number of carbonyl (C=O) groups is 2. The lowest BCUT2D eigenvalue weighted by Gasteiger charge is -2.32. The fourth-order valence-electron chi connectivity index (χ4n) is 4.13. The highest BCUT2D eigenvalue weighted by Gasteiger charge is 2.51. The number of allylic oxidation sites excluding steroid dienone is 1. The first-order valence-corrected chi connectivity index (χ1v) is 8.93. The maximum absolute atomic E-state index is 12.6. The summed E-state index contributed by atoms with van der Waals surface area (Å²) in [6.45, 7) is 6.07. The second-order valence-corrected chi connectivity index (χ2v) is 7.61. The van der Waals surface area contributed by atoms with E-state index in [0.29, 0.717) is 18.5 Å². The van der Waals surface area contributed by atoms with Crippen LogP contribution in [0.2, 0.25) is 0 Å². The van der Waals surface area contributed by atoms with Crippen LogP contribution in [0.25, 0.3) is 0 Å². The molecule has 0 saturated carbocycles. The zero-order valence-electron chi connectivity index (χ0n) is 15.0. The number of cyclic esters (lactones) is 1. The molecule has 2 N–H and O–H groups in total. The number of carbonyl (C=O) groups excluding carboxylic acids is 2. The van der Waals surface area contributed by atoms with Gasteiger partial charge in [-0.1, -0.05) is 13.0 Å². The molecule has 3 fully saturated rings. The van der Waals surface area contributed by atoms with Crippen LogP contribution in [-0.4, -0.2) is 70.6 Å². The fourth-order valence-corrected chi connectivity index (χ4v) is 4.13. The molecule has 140 valence electrons. The molecule has 3 aliphatic heterocycles. The number of aliphatic hydroxyl groups is 2. The number of hydrogen-bond acceptors (Lipinski definition) is 7. The van der Waals surface area contributed by atoms with E-state index in [2.05, 4.69) is 4.90 Å². The van der Waals surface area contributed by atoms with E-state index in [1.165, 1.54) is 6.92 Å². The molecule has 0 aromatic rings. The number of esters is 2. The Kier molecular flexibility index (Phi) is 4.92. The van der Waals surface area contributed by atoms with Crippen molar-refractivity contribution in [1.29, 1.82) is 0 Å². The molecule has 0 radical (unpaired) electrons. The van der Waals surface area contributed by atoms with Crippen molar-refractivity contribution in [3.8, 4) is 0 Å². The molecule has 3 heterocycles. The van der Waals surface area contributed by atoms with Crippen molar-refractivity contribution in [2.24, 2.45) is 11.8 Å². The molecule has 3 saturated heterocycles. The van der Waals surface area contributed by atoms with Gasteiger partial charge in [0.2, 0.25) is 0 Å². The molecule has 0 amide bonds. The minimum Gasteiger partial charge on any atom is -0.463 e. The third kappa shape index (κ3) is 3.20. The van der Waals surface area contributed by atoms with Crippen LogP contribution in [-0.2, 0) is 19.1 Å². The van der Waals surface area contributed by atoms with E-state index >= 15 is 0 Å². The van der Waals surface area contributed by atoms with Gasteiger partial charge in [-0.25, -0.2) is 9.59 Å². The minimum atomic E-state index is -1.72. The average Bonchev–Trinajstić information content (AvgIpc) is 3.08. The quantitative estimate of drug-likeness (QED) is 0.476. The largest absolute Gasteiger partial charge is 0.463 e. The van der Waals surface area contributed by atoms with Crippen LogP contribution in [0.4, 0.5) is 0 Å². The van der Waals surface area contributed by atoms with Crippen molar-refractivity contribution in [2.75, 3.05) is 19.7 Å². The average molecular weight is 353 g/mol. The molecule has 6 atom stereocenters. The highest BCUT2D eigenvalue weighted by atomic mass is 16.6. The number of ether oxygens (including phenoxy) is 2. The van der Waals surface area contributed by atoms with E-state index in [1.807, 2.05) is 0 Å². The predicted octanol–water partition coefficient (Wildman–Crippen LogP) is 0.243. The van der Waals surface area contributed by atoms with Gasteiger partial charge < -0.3 is 19.7 Å². The van der Waals surface area contributed by atoms with Crippen molar-refractivity contribution in [3.05, 3.63) is 11.6 Å². The summed E-state index contributed by atoms with van der Waals surface area (Å²) in [5.74, 6) is -1.97. The van der Waals surface area contributed by atoms with Gasteiger partial charge in [0.05, 0.1) is 18.8 Å². The van der Waals surface area contributed by atoms with Crippen molar-refractivity contribution in [3.63, 3.8) is 0 Å². The highest BCUT2D eigenvalue weighted by Crippen LogP contribution is 2.37. The number of aliphatic hydroxyl groups excluding tert-OH is 1. The topological polar surface area (TPSA) is 96.3 Å². The summed E-state index contributed by atoms with van der Waals surface area (Å²) >= 11 is 0. The summed E-state index contributed by atoms with van der Waals surface area (Å²) in [6.07, 6.45) is 1.63. The van der Waals surface area contributed by atoms with E-state index in [-0.39, 0.29) is 31.1 Å². The maximum Gasteiger partial charge on any atom is 0.338 e. The highest BCUT2D eigenvalue weighted by molar-refractivity contribution is 5.89. The first kappa shape index (κ1) is 18.4. The van der Waals surface area contributed by atoms with Crippen LogP contribution in [0.3, 0.4) is 0 Å². The van der Waals surface area contributed by atoms with Gasteiger partial charge in [-0.05, 0) is 32.6 Å². The number of nitrogens with zero attached hydrogens (tertiary/aromatic N) is 1. The van der Waals surface area contributed by atoms with Crippen molar-refractivity contribution >= 4 is 11.9 Å². The second kappa shape index (κ2) is 6.70. The van der Waals surface area contributed by atoms with Gasteiger partial charge in [-0.3, -0.25) is 4.90 Å². The van der Waals surface area contributed by atoms with Gasteiger partial charge in [0.1, 0.15) is 6.10 Å². The van der Waals surface area contributed by atoms with Gasteiger partial charge in [0.25, 0.3) is 0 Å². The molecule has 0 aromatic heterocycles. The molecule has 0 unspecified atom stereocenters.